The van der Waals surface area contributed by atoms with Crippen molar-refractivity contribution in [2.24, 2.45) is 5.73 Å². The second-order valence-electron chi connectivity index (χ2n) is 4.20. The molecule has 3 nitrogen and oxygen atoms in total. The summed E-state index contributed by atoms with van der Waals surface area (Å²) in [7, 11) is 0. The third-order valence-electron chi connectivity index (χ3n) is 2.66. The third-order valence-corrected chi connectivity index (χ3v) is 2.66. The molecule has 0 aromatic heterocycles. The van der Waals surface area contributed by atoms with Crippen molar-refractivity contribution < 1.29 is 10.2 Å². The number of nitrogens with two attached hydrogens (primary N) is 1. The van der Waals surface area contributed by atoms with E-state index in [1.165, 1.54) is 25.7 Å². The summed E-state index contributed by atoms with van der Waals surface area (Å²) in [4.78, 5) is 0. The molecule has 0 spiro atoms. The number of hydrogen-bond donors (Lipinski definition) is 3. The maximum absolute atomic E-state index is 8.94. The highest BCUT2D eigenvalue weighted by molar-refractivity contribution is 5.85. The van der Waals surface area contributed by atoms with Gasteiger partial charge in [-0.15, -0.1) is 12.4 Å². The molecule has 0 heterocycles. The maximum Gasteiger partial charge on any atom is 0.0633 e. The SMILES string of the molecule is CCCCCCCCC(N)(CO)CO.Cl. The molecular formula is C11H26ClNO2. The van der Waals surface area contributed by atoms with Crippen molar-refractivity contribution in [2.45, 2.75) is 57.4 Å². The van der Waals surface area contributed by atoms with Crippen LogP contribution in [-0.2, 0) is 0 Å². The van der Waals surface area contributed by atoms with Gasteiger partial charge in [0.1, 0.15) is 0 Å². The molecule has 0 fully saturated rings. The minimum Gasteiger partial charge on any atom is -0.394 e. The lowest BCUT2D eigenvalue weighted by atomic mass is 9.95. The topological polar surface area (TPSA) is 66.5 Å². The summed E-state index contributed by atoms with van der Waals surface area (Å²) in [6.07, 6.45) is 7.95. The number of aliphatic hydroxyl groups is 2. The van der Waals surface area contributed by atoms with Crippen LogP contribution in [0.5, 0.6) is 0 Å². The molecule has 0 radical (unpaired) electrons. The van der Waals surface area contributed by atoms with Gasteiger partial charge in [-0.3, -0.25) is 0 Å². The molecule has 0 aliphatic heterocycles. The predicted molar refractivity (Wildman–Crippen MR) is 66.3 cm³/mol. The maximum atomic E-state index is 8.94. The van der Waals surface area contributed by atoms with E-state index >= 15 is 0 Å². The Morgan fingerprint density at radius 1 is 0.933 bits per heavy atom. The average Bonchev–Trinajstić information content (AvgIpc) is 2.23. The van der Waals surface area contributed by atoms with Crippen molar-refractivity contribution in [3.05, 3.63) is 0 Å². The quantitative estimate of drug-likeness (QED) is 0.538. The van der Waals surface area contributed by atoms with Crippen LogP contribution in [0.4, 0.5) is 0 Å². The molecule has 4 heteroatoms. The summed E-state index contributed by atoms with van der Waals surface area (Å²) in [5.74, 6) is 0. The largest absolute Gasteiger partial charge is 0.394 e. The monoisotopic (exact) mass is 239 g/mol. The lowest BCUT2D eigenvalue weighted by Gasteiger charge is -2.24. The van der Waals surface area contributed by atoms with Gasteiger partial charge in [0, 0.05) is 0 Å². The average molecular weight is 240 g/mol. The molecule has 0 saturated carbocycles. The fourth-order valence-electron chi connectivity index (χ4n) is 1.47. The summed E-state index contributed by atoms with van der Waals surface area (Å²) in [6, 6.07) is 0. The third kappa shape index (κ3) is 9.12. The van der Waals surface area contributed by atoms with Gasteiger partial charge in [0.2, 0.25) is 0 Å². The van der Waals surface area contributed by atoms with Gasteiger partial charge in [-0.2, -0.15) is 0 Å². The summed E-state index contributed by atoms with van der Waals surface area (Å²) in [5.41, 5.74) is 4.98. The van der Waals surface area contributed by atoms with Crippen molar-refractivity contribution in [1.29, 1.82) is 0 Å². The van der Waals surface area contributed by atoms with Crippen molar-refractivity contribution in [3.63, 3.8) is 0 Å². The van der Waals surface area contributed by atoms with E-state index < -0.39 is 5.54 Å². The first-order chi connectivity index (χ1) is 6.68. The van der Waals surface area contributed by atoms with E-state index in [2.05, 4.69) is 6.92 Å². The van der Waals surface area contributed by atoms with Gasteiger partial charge < -0.3 is 15.9 Å². The molecule has 0 atom stereocenters. The van der Waals surface area contributed by atoms with Crippen LogP contribution in [0.15, 0.2) is 0 Å². The molecule has 0 bridgehead atoms. The van der Waals surface area contributed by atoms with Crippen LogP contribution < -0.4 is 5.73 Å². The van der Waals surface area contributed by atoms with E-state index in [1.54, 1.807) is 0 Å². The first kappa shape index (κ1) is 17.6. The van der Waals surface area contributed by atoms with Gasteiger partial charge >= 0.3 is 0 Å². The van der Waals surface area contributed by atoms with Crippen LogP contribution in [0.3, 0.4) is 0 Å². The van der Waals surface area contributed by atoms with E-state index in [0.717, 1.165) is 12.8 Å². The normalized spacial score (nSPS) is 11.2. The van der Waals surface area contributed by atoms with Crippen LogP contribution in [0.2, 0.25) is 0 Å². The summed E-state index contributed by atoms with van der Waals surface area (Å²) >= 11 is 0. The molecule has 0 unspecified atom stereocenters. The highest BCUT2D eigenvalue weighted by atomic mass is 35.5. The van der Waals surface area contributed by atoms with Crippen molar-refractivity contribution in [3.8, 4) is 0 Å². The van der Waals surface area contributed by atoms with Crippen LogP contribution in [0, 0.1) is 0 Å². The van der Waals surface area contributed by atoms with Crippen LogP contribution >= 0.6 is 12.4 Å². The second-order valence-corrected chi connectivity index (χ2v) is 4.20. The minimum atomic E-state index is -0.759. The second kappa shape index (κ2) is 10.7. The number of halogens is 1. The Labute approximate surface area is 99.5 Å². The zero-order valence-corrected chi connectivity index (χ0v) is 10.6. The molecule has 0 saturated heterocycles. The smallest absolute Gasteiger partial charge is 0.0633 e. The fourth-order valence-corrected chi connectivity index (χ4v) is 1.47. The van der Waals surface area contributed by atoms with E-state index in [4.69, 9.17) is 15.9 Å². The minimum absolute atomic E-state index is 0. The predicted octanol–water partition coefficient (Wildman–Crippen LogP) is 1.84. The van der Waals surface area contributed by atoms with Crippen molar-refractivity contribution >= 4 is 12.4 Å². The Morgan fingerprint density at radius 2 is 1.40 bits per heavy atom. The molecular weight excluding hydrogens is 214 g/mol. The number of hydrogen-bond acceptors (Lipinski definition) is 3. The summed E-state index contributed by atoms with van der Waals surface area (Å²) in [6.45, 7) is 1.94. The Hall–Kier alpha value is 0.170. The molecule has 0 rings (SSSR count). The molecule has 0 amide bonds. The molecule has 15 heavy (non-hydrogen) atoms. The Balaban J connectivity index is 0. The number of unbranched alkanes of at least 4 members (excludes halogenated alkanes) is 5. The van der Waals surface area contributed by atoms with Gasteiger partial charge in [-0.1, -0.05) is 45.4 Å². The van der Waals surface area contributed by atoms with Crippen LogP contribution in [-0.4, -0.2) is 29.0 Å². The Morgan fingerprint density at radius 3 is 1.87 bits per heavy atom. The number of rotatable bonds is 9. The molecule has 94 valence electrons. The zero-order chi connectivity index (χ0) is 10.9. The lowest BCUT2D eigenvalue weighted by molar-refractivity contribution is 0.112. The summed E-state index contributed by atoms with van der Waals surface area (Å²) in [5, 5.41) is 17.9. The first-order valence-corrected chi connectivity index (χ1v) is 5.69. The Kier molecular flexibility index (Phi) is 12.5. The first-order valence-electron chi connectivity index (χ1n) is 5.69. The molecule has 0 aromatic rings. The van der Waals surface area contributed by atoms with E-state index in [9.17, 15) is 0 Å². The molecule has 0 aliphatic carbocycles. The zero-order valence-electron chi connectivity index (χ0n) is 9.74. The van der Waals surface area contributed by atoms with E-state index in [-0.39, 0.29) is 25.6 Å². The fraction of sp³-hybridized carbons (Fsp3) is 1.00. The van der Waals surface area contributed by atoms with Gasteiger partial charge in [0.15, 0.2) is 0 Å². The Bertz CT molecular complexity index is 130. The van der Waals surface area contributed by atoms with Crippen molar-refractivity contribution in [1.82, 2.24) is 0 Å². The van der Waals surface area contributed by atoms with Gasteiger partial charge in [0.25, 0.3) is 0 Å². The van der Waals surface area contributed by atoms with Crippen LogP contribution in [0.25, 0.3) is 0 Å². The standard InChI is InChI=1S/C11H25NO2.ClH/c1-2-3-4-5-6-7-8-11(12,9-13)10-14;/h13-14H,2-10,12H2,1H3;1H. The van der Waals surface area contributed by atoms with E-state index in [1.807, 2.05) is 0 Å². The molecule has 0 aromatic carbocycles. The molecule has 4 N–H and O–H groups in total. The van der Waals surface area contributed by atoms with Gasteiger partial charge in [0.05, 0.1) is 18.8 Å². The van der Waals surface area contributed by atoms with Gasteiger partial charge in [-0.05, 0) is 6.42 Å². The van der Waals surface area contributed by atoms with Gasteiger partial charge in [-0.25, -0.2) is 0 Å². The molecule has 0 aliphatic rings. The van der Waals surface area contributed by atoms with Crippen LogP contribution in [0.1, 0.15) is 51.9 Å². The van der Waals surface area contributed by atoms with Crippen molar-refractivity contribution in [2.75, 3.05) is 13.2 Å². The van der Waals surface area contributed by atoms with E-state index in [0.29, 0.717) is 6.42 Å². The highest BCUT2D eigenvalue weighted by Crippen LogP contribution is 2.13. The lowest BCUT2D eigenvalue weighted by Crippen LogP contribution is -2.47. The summed E-state index contributed by atoms with van der Waals surface area (Å²) < 4.78 is 0. The highest BCUT2D eigenvalue weighted by Gasteiger charge is 2.21. The number of aliphatic hydroxyl groups excluding tert-OH is 2.